The van der Waals surface area contributed by atoms with E-state index < -0.39 is 0 Å². The molecular formula is C21H27ClN2O3. The van der Waals surface area contributed by atoms with E-state index in [0.29, 0.717) is 30.5 Å². The van der Waals surface area contributed by atoms with Crippen molar-refractivity contribution in [1.82, 2.24) is 0 Å². The lowest BCUT2D eigenvalue weighted by Gasteiger charge is -2.29. The fraction of sp³-hybridized carbons (Fsp3) is 0.429. The molecule has 0 bridgehead atoms. The van der Waals surface area contributed by atoms with Crippen molar-refractivity contribution in [2.24, 2.45) is 0 Å². The van der Waals surface area contributed by atoms with Gasteiger partial charge in [0.05, 0.1) is 26.4 Å². The molecule has 0 unspecified atom stereocenters. The van der Waals surface area contributed by atoms with Gasteiger partial charge in [0.1, 0.15) is 0 Å². The molecule has 0 saturated carbocycles. The summed E-state index contributed by atoms with van der Waals surface area (Å²) < 4.78 is 16.7. The van der Waals surface area contributed by atoms with E-state index in [1.807, 2.05) is 26.0 Å². The highest BCUT2D eigenvalue weighted by Gasteiger charge is 2.12. The van der Waals surface area contributed by atoms with Crippen LogP contribution in [0.1, 0.15) is 19.4 Å². The molecule has 146 valence electrons. The Morgan fingerprint density at radius 3 is 2.26 bits per heavy atom. The second-order valence-electron chi connectivity index (χ2n) is 6.26. The van der Waals surface area contributed by atoms with E-state index >= 15 is 0 Å². The van der Waals surface area contributed by atoms with E-state index in [-0.39, 0.29) is 0 Å². The summed E-state index contributed by atoms with van der Waals surface area (Å²) >= 11 is 6.44. The van der Waals surface area contributed by atoms with Crippen LogP contribution in [0.25, 0.3) is 0 Å². The fourth-order valence-electron chi connectivity index (χ4n) is 3.06. The third-order valence-electron chi connectivity index (χ3n) is 4.44. The first-order valence-electron chi connectivity index (χ1n) is 9.46. The van der Waals surface area contributed by atoms with E-state index in [9.17, 15) is 0 Å². The molecule has 2 aromatic rings. The maximum atomic E-state index is 6.44. The Morgan fingerprint density at radius 1 is 1.00 bits per heavy atom. The standard InChI is InChI=1S/C21H27ClN2O3/c1-3-26-20-13-16(19(22)14-21(20)27-4-2)15-23-17-5-7-18(8-6-17)24-9-11-25-12-10-24/h5-8,13-14,23H,3-4,9-12,15H2,1-2H3. The zero-order valence-electron chi connectivity index (χ0n) is 16.0. The van der Waals surface area contributed by atoms with Crippen molar-refractivity contribution in [2.45, 2.75) is 20.4 Å². The smallest absolute Gasteiger partial charge is 0.162 e. The molecule has 1 saturated heterocycles. The van der Waals surface area contributed by atoms with Gasteiger partial charge in [-0.25, -0.2) is 0 Å². The molecule has 0 aromatic heterocycles. The van der Waals surface area contributed by atoms with E-state index in [1.54, 1.807) is 0 Å². The van der Waals surface area contributed by atoms with Crippen LogP contribution < -0.4 is 19.7 Å². The number of nitrogens with zero attached hydrogens (tertiary/aromatic N) is 1. The summed E-state index contributed by atoms with van der Waals surface area (Å²) in [5.74, 6) is 1.41. The highest BCUT2D eigenvalue weighted by atomic mass is 35.5. The van der Waals surface area contributed by atoms with Gasteiger partial charge in [0.2, 0.25) is 0 Å². The SMILES string of the molecule is CCOc1cc(Cl)c(CNc2ccc(N3CCOCC3)cc2)cc1OCC. The minimum atomic E-state index is 0.573. The Hall–Kier alpha value is -2.11. The number of anilines is 2. The van der Waals surface area contributed by atoms with Gasteiger partial charge in [0.15, 0.2) is 11.5 Å². The molecule has 1 aliphatic heterocycles. The number of ether oxygens (including phenoxy) is 3. The number of hydrogen-bond acceptors (Lipinski definition) is 5. The number of rotatable bonds is 8. The zero-order valence-corrected chi connectivity index (χ0v) is 16.7. The summed E-state index contributed by atoms with van der Waals surface area (Å²) in [4.78, 5) is 2.34. The third kappa shape index (κ3) is 5.21. The third-order valence-corrected chi connectivity index (χ3v) is 4.79. The van der Waals surface area contributed by atoms with Crippen LogP contribution in [-0.4, -0.2) is 39.5 Å². The van der Waals surface area contributed by atoms with Crippen LogP contribution in [0.5, 0.6) is 11.5 Å². The molecule has 0 aliphatic carbocycles. The normalized spacial score (nSPS) is 14.1. The van der Waals surface area contributed by atoms with Gasteiger partial charge >= 0.3 is 0 Å². The molecule has 3 rings (SSSR count). The first-order chi connectivity index (χ1) is 13.2. The molecule has 27 heavy (non-hydrogen) atoms. The number of hydrogen-bond donors (Lipinski definition) is 1. The lowest BCUT2D eigenvalue weighted by Crippen LogP contribution is -2.36. The molecule has 0 atom stereocenters. The Bertz CT molecular complexity index is 731. The van der Waals surface area contributed by atoms with Crippen LogP contribution in [-0.2, 0) is 11.3 Å². The van der Waals surface area contributed by atoms with Crippen LogP contribution in [0.3, 0.4) is 0 Å². The summed E-state index contributed by atoms with van der Waals surface area (Å²) in [6, 6.07) is 12.2. The number of nitrogens with one attached hydrogen (secondary N) is 1. The first-order valence-corrected chi connectivity index (χ1v) is 9.83. The summed E-state index contributed by atoms with van der Waals surface area (Å²) in [6.07, 6.45) is 0. The largest absolute Gasteiger partial charge is 0.490 e. The van der Waals surface area contributed by atoms with E-state index in [1.165, 1.54) is 5.69 Å². The van der Waals surface area contributed by atoms with Crippen LogP contribution in [0.2, 0.25) is 5.02 Å². The zero-order chi connectivity index (χ0) is 19.1. The summed E-state index contributed by atoms with van der Waals surface area (Å²) in [7, 11) is 0. The van der Waals surface area contributed by atoms with Crippen molar-refractivity contribution in [2.75, 3.05) is 49.7 Å². The second kappa shape index (κ2) is 9.72. The van der Waals surface area contributed by atoms with Crippen molar-refractivity contribution in [3.05, 3.63) is 47.0 Å². The maximum absolute atomic E-state index is 6.44. The van der Waals surface area contributed by atoms with Gasteiger partial charge < -0.3 is 24.4 Å². The fourth-order valence-corrected chi connectivity index (χ4v) is 3.28. The minimum absolute atomic E-state index is 0.573. The van der Waals surface area contributed by atoms with Gasteiger partial charge in [0.25, 0.3) is 0 Å². The molecule has 0 amide bonds. The van der Waals surface area contributed by atoms with Crippen molar-refractivity contribution in [3.8, 4) is 11.5 Å². The van der Waals surface area contributed by atoms with Gasteiger partial charge in [0, 0.05) is 42.1 Å². The lowest BCUT2D eigenvalue weighted by molar-refractivity contribution is 0.122. The lowest BCUT2D eigenvalue weighted by atomic mass is 10.2. The molecule has 1 heterocycles. The minimum Gasteiger partial charge on any atom is -0.490 e. The predicted molar refractivity (Wildman–Crippen MR) is 111 cm³/mol. The highest BCUT2D eigenvalue weighted by Crippen LogP contribution is 2.34. The predicted octanol–water partition coefficient (Wildman–Crippen LogP) is 4.59. The maximum Gasteiger partial charge on any atom is 0.162 e. The second-order valence-corrected chi connectivity index (χ2v) is 6.66. The van der Waals surface area contributed by atoms with Crippen molar-refractivity contribution in [3.63, 3.8) is 0 Å². The monoisotopic (exact) mass is 390 g/mol. The number of morpholine rings is 1. The molecule has 1 N–H and O–H groups in total. The molecule has 1 fully saturated rings. The Kier molecular flexibility index (Phi) is 7.07. The van der Waals surface area contributed by atoms with E-state index in [2.05, 4.69) is 34.5 Å². The average Bonchev–Trinajstić information content (AvgIpc) is 2.70. The van der Waals surface area contributed by atoms with Gasteiger partial charge in [-0.3, -0.25) is 0 Å². The molecule has 0 spiro atoms. The molecule has 1 aliphatic rings. The van der Waals surface area contributed by atoms with Crippen molar-refractivity contribution < 1.29 is 14.2 Å². The van der Waals surface area contributed by atoms with Crippen LogP contribution in [0.15, 0.2) is 36.4 Å². The van der Waals surface area contributed by atoms with Crippen molar-refractivity contribution in [1.29, 1.82) is 0 Å². The summed E-state index contributed by atoms with van der Waals surface area (Å²) in [5, 5.41) is 4.09. The Morgan fingerprint density at radius 2 is 1.63 bits per heavy atom. The average molecular weight is 391 g/mol. The van der Waals surface area contributed by atoms with Gasteiger partial charge in [-0.05, 0) is 49.7 Å². The highest BCUT2D eigenvalue weighted by molar-refractivity contribution is 6.31. The number of benzene rings is 2. The topological polar surface area (TPSA) is 43.0 Å². The molecule has 2 aromatic carbocycles. The number of halogens is 1. The summed E-state index contributed by atoms with van der Waals surface area (Å²) in [5.41, 5.74) is 3.25. The summed E-state index contributed by atoms with van der Waals surface area (Å²) in [6.45, 7) is 9.13. The van der Waals surface area contributed by atoms with Gasteiger partial charge in [-0.1, -0.05) is 11.6 Å². The quantitative estimate of drug-likeness (QED) is 0.714. The molecule has 5 nitrogen and oxygen atoms in total. The van der Waals surface area contributed by atoms with E-state index in [4.69, 9.17) is 25.8 Å². The van der Waals surface area contributed by atoms with Crippen molar-refractivity contribution >= 4 is 23.0 Å². The van der Waals surface area contributed by atoms with E-state index in [0.717, 1.165) is 43.3 Å². The van der Waals surface area contributed by atoms with Gasteiger partial charge in [-0.15, -0.1) is 0 Å². The molecular weight excluding hydrogens is 364 g/mol. The first kappa shape index (κ1) is 19.6. The molecule has 6 heteroatoms. The Balaban J connectivity index is 1.66. The van der Waals surface area contributed by atoms with Crippen LogP contribution >= 0.6 is 11.6 Å². The van der Waals surface area contributed by atoms with Gasteiger partial charge in [-0.2, -0.15) is 0 Å². The Labute approximate surface area is 166 Å². The van der Waals surface area contributed by atoms with Crippen LogP contribution in [0.4, 0.5) is 11.4 Å². The van der Waals surface area contributed by atoms with Crippen LogP contribution in [0, 0.1) is 0 Å². The molecule has 0 radical (unpaired) electrons.